The van der Waals surface area contributed by atoms with Gasteiger partial charge in [-0.15, -0.1) is 0 Å². The van der Waals surface area contributed by atoms with Gasteiger partial charge in [-0.2, -0.15) is 0 Å². The van der Waals surface area contributed by atoms with Gasteiger partial charge >= 0.3 is 0 Å². The molecule has 1 aromatic rings. The lowest BCUT2D eigenvalue weighted by Gasteiger charge is -2.18. The molecule has 0 radical (unpaired) electrons. The minimum Gasteiger partial charge on any atom is -0.490 e. The Bertz CT molecular complexity index is 1010. The van der Waals surface area contributed by atoms with Crippen LogP contribution >= 0.6 is 12.2 Å². The van der Waals surface area contributed by atoms with Gasteiger partial charge in [0.15, 0.2) is 16.6 Å². The number of hydrogen-bond acceptors (Lipinski definition) is 5. The van der Waals surface area contributed by atoms with E-state index in [2.05, 4.69) is 35.7 Å². The first-order chi connectivity index (χ1) is 17.3. The summed E-state index contributed by atoms with van der Waals surface area (Å²) in [6.45, 7) is 20.5. The summed E-state index contributed by atoms with van der Waals surface area (Å²) in [5.74, 6) is 1.52. The van der Waals surface area contributed by atoms with Crippen LogP contribution in [0.1, 0.15) is 33.3 Å². The quantitative estimate of drug-likeness (QED) is 0.169. The van der Waals surface area contributed by atoms with Crippen molar-refractivity contribution in [2.24, 2.45) is 0 Å². The van der Waals surface area contributed by atoms with E-state index in [0.717, 1.165) is 5.56 Å². The summed E-state index contributed by atoms with van der Waals surface area (Å²) < 4.78 is 17.3. The third kappa shape index (κ3) is 10.2. The Hall–Kier alpha value is -3.78. The average Bonchev–Trinajstić information content (AvgIpc) is 2.83. The molecule has 0 saturated carbocycles. The molecule has 194 valence electrons. The average molecular weight is 512 g/mol. The van der Waals surface area contributed by atoms with Crippen LogP contribution in [-0.4, -0.2) is 30.8 Å². The smallest absolute Gasteiger partial charge is 0.255 e. The van der Waals surface area contributed by atoms with Crippen molar-refractivity contribution in [3.05, 3.63) is 90.9 Å². The molecule has 3 N–H and O–H groups in total. The van der Waals surface area contributed by atoms with E-state index in [9.17, 15) is 4.79 Å². The number of rotatable bonds is 15. The summed E-state index contributed by atoms with van der Waals surface area (Å²) in [4.78, 5) is 12.4. The van der Waals surface area contributed by atoms with Crippen LogP contribution in [0.3, 0.4) is 0 Å². The minimum absolute atomic E-state index is 0.312. The van der Waals surface area contributed by atoms with Crippen LogP contribution in [0.25, 0.3) is 0 Å². The predicted molar refractivity (Wildman–Crippen MR) is 151 cm³/mol. The lowest BCUT2D eigenvalue weighted by Crippen LogP contribution is -2.34. The second-order valence-corrected chi connectivity index (χ2v) is 7.64. The highest BCUT2D eigenvalue weighted by Crippen LogP contribution is 2.39. The fourth-order valence-corrected chi connectivity index (χ4v) is 3.27. The molecule has 1 rings (SSSR count). The SMILES string of the molecule is C=C/C=C(\C=C(/C)NC(=S)NCc1cc(OCC)c(OCC)c(OCC)c1)NC(=O)/C(C=C)=C/C=C. The molecule has 1 aromatic carbocycles. The van der Waals surface area contributed by atoms with Gasteiger partial charge in [-0.3, -0.25) is 4.79 Å². The summed E-state index contributed by atoms with van der Waals surface area (Å²) in [6.07, 6.45) is 9.58. The van der Waals surface area contributed by atoms with Gasteiger partial charge in [-0.05, 0) is 69.8 Å². The molecule has 0 atom stereocenters. The third-order valence-corrected chi connectivity index (χ3v) is 4.69. The number of amides is 1. The Morgan fingerprint density at radius 3 is 2.03 bits per heavy atom. The molecule has 0 fully saturated rings. The molecule has 0 bridgehead atoms. The second-order valence-electron chi connectivity index (χ2n) is 7.23. The first-order valence-electron chi connectivity index (χ1n) is 11.7. The van der Waals surface area contributed by atoms with E-state index < -0.39 is 0 Å². The fraction of sp³-hybridized carbons (Fsp3) is 0.286. The highest BCUT2D eigenvalue weighted by atomic mass is 32.1. The topological polar surface area (TPSA) is 80.8 Å². The molecule has 36 heavy (non-hydrogen) atoms. The van der Waals surface area contributed by atoms with Crippen molar-refractivity contribution >= 4 is 23.2 Å². The van der Waals surface area contributed by atoms with Gasteiger partial charge in [0.05, 0.1) is 19.8 Å². The van der Waals surface area contributed by atoms with E-state index in [-0.39, 0.29) is 5.91 Å². The summed E-state index contributed by atoms with van der Waals surface area (Å²) in [5, 5.41) is 9.51. The molecule has 0 aliphatic rings. The summed E-state index contributed by atoms with van der Waals surface area (Å²) in [6, 6.07) is 3.81. The van der Waals surface area contributed by atoms with Gasteiger partial charge in [0.2, 0.25) is 5.75 Å². The van der Waals surface area contributed by atoms with E-state index in [4.69, 9.17) is 26.4 Å². The zero-order valence-corrected chi connectivity index (χ0v) is 22.4. The van der Waals surface area contributed by atoms with Crippen molar-refractivity contribution in [3.63, 3.8) is 0 Å². The largest absolute Gasteiger partial charge is 0.490 e. The highest BCUT2D eigenvalue weighted by Gasteiger charge is 2.15. The summed E-state index contributed by atoms with van der Waals surface area (Å²) in [7, 11) is 0. The molecule has 0 unspecified atom stereocenters. The van der Waals surface area contributed by atoms with Crippen molar-refractivity contribution in [1.29, 1.82) is 0 Å². The van der Waals surface area contributed by atoms with E-state index in [1.807, 2.05) is 39.8 Å². The van der Waals surface area contributed by atoms with Crippen molar-refractivity contribution in [2.75, 3.05) is 19.8 Å². The number of allylic oxidation sites excluding steroid dienone is 6. The number of hydrogen-bond donors (Lipinski definition) is 3. The van der Waals surface area contributed by atoms with E-state index in [1.165, 1.54) is 12.2 Å². The maximum Gasteiger partial charge on any atom is 0.255 e. The van der Waals surface area contributed by atoms with Gasteiger partial charge < -0.3 is 30.2 Å². The lowest BCUT2D eigenvalue weighted by molar-refractivity contribution is -0.116. The van der Waals surface area contributed by atoms with Gasteiger partial charge in [0.1, 0.15) is 0 Å². The number of carbonyl (C=O) groups is 1. The second kappa shape index (κ2) is 16.8. The van der Waals surface area contributed by atoms with Crippen molar-refractivity contribution < 1.29 is 19.0 Å². The Labute approximate surface area is 220 Å². The summed E-state index contributed by atoms with van der Waals surface area (Å²) in [5.41, 5.74) is 2.56. The molecule has 8 heteroatoms. The number of benzene rings is 1. The lowest BCUT2D eigenvalue weighted by atomic mass is 10.1. The normalized spacial score (nSPS) is 11.7. The van der Waals surface area contributed by atoms with Crippen LogP contribution in [0, 0.1) is 0 Å². The van der Waals surface area contributed by atoms with E-state index >= 15 is 0 Å². The standard InChI is InChI=1S/C28H37N3O4S/c1-8-14-22(10-3)27(32)31-23(15-9-2)16-20(7)30-28(36)29-19-21-17-24(33-11-4)26(35-13-6)25(18-21)34-12-5/h8-10,14-18H,1-3,11-13,19H2,4-7H3,(H,31,32)(H2,29,30,36)/b20-16+,22-14+,23-15+. The van der Waals surface area contributed by atoms with Crippen LogP contribution in [0.15, 0.2) is 85.3 Å². The first-order valence-corrected chi connectivity index (χ1v) is 12.1. The number of ether oxygens (including phenoxy) is 3. The summed E-state index contributed by atoms with van der Waals surface area (Å²) >= 11 is 5.45. The van der Waals surface area contributed by atoms with Crippen LogP contribution in [0.5, 0.6) is 17.2 Å². The van der Waals surface area contributed by atoms with Crippen LogP contribution in [0.4, 0.5) is 0 Å². The van der Waals surface area contributed by atoms with Gasteiger partial charge in [-0.25, -0.2) is 0 Å². The Balaban J connectivity index is 2.94. The maximum atomic E-state index is 12.4. The zero-order chi connectivity index (χ0) is 26.9. The number of carbonyl (C=O) groups excluding carboxylic acids is 1. The molecule has 0 saturated heterocycles. The van der Waals surface area contributed by atoms with Gasteiger partial charge in [0.25, 0.3) is 5.91 Å². The molecular weight excluding hydrogens is 474 g/mol. The maximum absolute atomic E-state index is 12.4. The van der Waals surface area contributed by atoms with Crippen LogP contribution in [0.2, 0.25) is 0 Å². The van der Waals surface area contributed by atoms with Crippen LogP contribution in [-0.2, 0) is 11.3 Å². The molecule has 0 heterocycles. The van der Waals surface area contributed by atoms with Crippen molar-refractivity contribution in [3.8, 4) is 17.2 Å². The molecular formula is C28H37N3O4S. The number of thiocarbonyl (C=S) groups is 1. The molecule has 7 nitrogen and oxygen atoms in total. The Morgan fingerprint density at radius 1 is 0.944 bits per heavy atom. The highest BCUT2D eigenvalue weighted by molar-refractivity contribution is 7.80. The minimum atomic E-state index is -0.312. The number of nitrogens with one attached hydrogen (secondary N) is 3. The molecule has 0 spiro atoms. The van der Waals surface area contributed by atoms with Gasteiger partial charge in [0, 0.05) is 23.5 Å². The molecule has 0 aromatic heterocycles. The predicted octanol–water partition coefficient (Wildman–Crippen LogP) is 5.24. The van der Waals surface area contributed by atoms with Crippen LogP contribution < -0.4 is 30.2 Å². The molecule has 0 aliphatic carbocycles. The Morgan fingerprint density at radius 2 is 1.53 bits per heavy atom. The van der Waals surface area contributed by atoms with E-state index in [1.54, 1.807) is 24.3 Å². The van der Waals surface area contributed by atoms with E-state index in [0.29, 0.717) is 65.7 Å². The molecule has 0 aliphatic heterocycles. The Kier molecular flexibility index (Phi) is 14.1. The fourth-order valence-electron chi connectivity index (χ4n) is 3.04. The molecule has 1 amide bonds. The van der Waals surface area contributed by atoms with Gasteiger partial charge in [-0.1, -0.05) is 44.0 Å². The first kappa shape index (κ1) is 30.3. The third-order valence-electron chi connectivity index (χ3n) is 4.44. The monoisotopic (exact) mass is 511 g/mol. The van der Waals surface area contributed by atoms with Crippen molar-refractivity contribution in [1.82, 2.24) is 16.0 Å². The zero-order valence-electron chi connectivity index (χ0n) is 21.6. The van der Waals surface area contributed by atoms with Crippen molar-refractivity contribution in [2.45, 2.75) is 34.2 Å².